The number of alkyl halides is 3. The highest BCUT2D eigenvalue weighted by Gasteiger charge is 2.38. The first-order chi connectivity index (χ1) is 7.42. The van der Waals surface area contributed by atoms with Crippen molar-refractivity contribution >= 4 is 0 Å². The summed E-state index contributed by atoms with van der Waals surface area (Å²) in [4.78, 5) is 1.44. The molecule has 6 heteroatoms. The largest absolute Gasteiger partial charge is 0.401 e. The topological polar surface area (TPSA) is 38.5 Å². The van der Waals surface area contributed by atoms with Gasteiger partial charge in [0.15, 0.2) is 0 Å². The van der Waals surface area contributed by atoms with Gasteiger partial charge in [0.2, 0.25) is 0 Å². The number of methoxy groups -OCH3 is 1. The molecule has 0 radical (unpaired) electrons. The lowest BCUT2D eigenvalue weighted by Crippen LogP contribution is -2.43. The average Bonchev–Trinajstić information content (AvgIpc) is 2.94. The maximum atomic E-state index is 12.3. The van der Waals surface area contributed by atoms with Gasteiger partial charge in [0.25, 0.3) is 0 Å². The zero-order valence-corrected chi connectivity index (χ0v) is 9.46. The van der Waals surface area contributed by atoms with E-state index in [-0.39, 0.29) is 12.1 Å². The van der Waals surface area contributed by atoms with Gasteiger partial charge < -0.3 is 10.5 Å². The van der Waals surface area contributed by atoms with Crippen LogP contribution in [0.25, 0.3) is 0 Å². The highest BCUT2D eigenvalue weighted by Crippen LogP contribution is 2.30. The summed E-state index contributed by atoms with van der Waals surface area (Å²) in [5, 5.41) is 0. The predicted octanol–water partition coefficient (Wildman–Crippen LogP) is 1.38. The van der Waals surface area contributed by atoms with Crippen molar-refractivity contribution < 1.29 is 17.9 Å². The van der Waals surface area contributed by atoms with Crippen molar-refractivity contribution in [3.8, 4) is 0 Å². The molecule has 0 amide bonds. The Morgan fingerprint density at radius 2 is 2.06 bits per heavy atom. The lowest BCUT2D eigenvalue weighted by atomic mass is 10.2. The van der Waals surface area contributed by atoms with E-state index >= 15 is 0 Å². The van der Waals surface area contributed by atoms with Gasteiger partial charge in [0.1, 0.15) is 0 Å². The molecule has 0 aromatic carbocycles. The van der Waals surface area contributed by atoms with Gasteiger partial charge >= 0.3 is 6.18 Å². The standard InChI is InChI=1S/C10H19F3N2O/c1-16-5-4-8(14)6-15(9-2-3-9)7-10(11,12)13/h8-9H,2-7,14H2,1H3. The molecule has 1 fully saturated rings. The Kier molecular flexibility index (Phi) is 5.01. The van der Waals surface area contributed by atoms with Crippen LogP contribution in [0.4, 0.5) is 13.2 Å². The van der Waals surface area contributed by atoms with Crippen molar-refractivity contribution in [1.29, 1.82) is 0 Å². The van der Waals surface area contributed by atoms with Crippen LogP contribution in [0.5, 0.6) is 0 Å². The Balaban J connectivity index is 2.33. The van der Waals surface area contributed by atoms with Gasteiger partial charge in [-0.05, 0) is 19.3 Å². The zero-order chi connectivity index (χ0) is 12.2. The third-order valence-corrected chi connectivity index (χ3v) is 2.61. The summed E-state index contributed by atoms with van der Waals surface area (Å²) in [6.07, 6.45) is -1.83. The Hall–Kier alpha value is -0.330. The van der Waals surface area contributed by atoms with Gasteiger partial charge in [-0.15, -0.1) is 0 Å². The molecule has 0 bridgehead atoms. The summed E-state index contributed by atoms with van der Waals surface area (Å²) in [6, 6.07) is -0.168. The first-order valence-corrected chi connectivity index (χ1v) is 5.47. The van der Waals surface area contributed by atoms with Crippen LogP contribution in [-0.4, -0.2) is 50.0 Å². The Morgan fingerprint density at radius 3 is 2.50 bits per heavy atom. The third kappa shape index (κ3) is 5.67. The molecule has 1 aliphatic carbocycles. The second-order valence-corrected chi connectivity index (χ2v) is 4.32. The molecule has 1 saturated carbocycles. The molecule has 1 aliphatic rings. The van der Waals surface area contributed by atoms with Crippen molar-refractivity contribution in [2.75, 3.05) is 26.8 Å². The summed E-state index contributed by atoms with van der Waals surface area (Å²) >= 11 is 0. The van der Waals surface area contributed by atoms with Gasteiger partial charge in [0.05, 0.1) is 6.54 Å². The number of hydrogen-bond acceptors (Lipinski definition) is 3. The average molecular weight is 240 g/mol. The van der Waals surface area contributed by atoms with Crippen LogP contribution >= 0.6 is 0 Å². The second kappa shape index (κ2) is 5.84. The lowest BCUT2D eigenvalue weighted by Gasteiger charge is -2.26. The molecular weight excluding hydrogens is 221 g/mol. The molecule has 0 spiro atoms. The summed E-state index contributed by atoms with van der Waals surface area (Å²) in [6.45, 7) is -0.0580. The number of ether oxygens (including phenoxy) is 1. The minimum absolute atomic E-state index is 0.0789. The second-order valence-electron chi connectivity index (χ2n) is 4.32. The number of nitrogens with zero attached hydrogens (tertiary/aromatic N) is 1. The van der Waals surface area contributed by atoms with E-state index in [1.54, 1.807) is 7.11 Å². The number of hydrogen-bond donors (Lipinski definition) is 1. The summed E-state index contributed by atoms with van der Waals surface area (Å²) in [5.74, 6) is 0. The van der Waals surface area contributed by atoms with Gasteiger partial charge in [-0.1, -0.05) is 0 Å². The zero-order valence-electron chi connectivity index (χ0n) is 9.46. The summed E-state index contributed by atoms with van der Waals surface area (Å²) in [7, 11) is 1.56. The van der Waals surface area contributed by atoms with Crippen LogP contribution in [0.15, 0.2) is 0 Å². The molecule has 16 heavy (non-hydrogen) atoms. The minimum Gasteiger partial charge on any atom is -0.385 e. The van der Waals surface area contributed by atoms with Crippen LogP contribution in [0.1, 0.15) is 19.3 Å². The maximum Gasteiger partial charge on any atom is 0.401 e. The van der Waals surface area contributed by atoms with Gasteiger partial charge in [-0.25, -0.2) is 0 Å². The van der Waals surface area contributed by atoms with E-state index in [9.17, 15) is 13.2 Å². The molecule has 0 saturated heterocycles. The molecule has 0 aliphatic heterocycles. The Bertz CT molecular complexity index is 207. The first kappa shape index (κ1) is 13.7. The summed E-state index contributed by atoms with van der Waals surface area (Å²) < 4.78 is 41.7. The molecule has 2 N–H and O–H groups in total. The van der Waals surface area contributed by atoms with Crippen molar-refractivity contribution in [1.82, 2.24) is 4.90 Å². The van der Waals surface area contributed by atoms with Crippen LogP contribution in [0.3, 0.4) is 0 Å². The van der Waals surface area contributed by atoms with E-state index < -0.39 is 12.7 Å². The van der Waals surface area contributed by atoms with Crippen LogP contribution in [-0.2, 0) is 4.74 Å². The van der Waals surface area contributed by atoms with Gasteiger partial charge in [0, 0.05) is 32.3 Å². The van der Waals surface area contributed by atoms with Crippen LogP contribution in [0.2, 0.25) is 0 Å². The van der Waals surface area contributed by atoms with Gasteiger partial charge in [-0.3, -0.25) is 4.90 Å². The maximum absolute atomic E-state index is 12.3. The van der Waals surface area contributed by atoms with Crippen molar-refractivity contribution in [2.24, 2.45) is 5.73 Å². The number of nitrogens with two attached hydrogens (primary N) is 1. The SMILES string of the molecule is COCCC(N)CN(CC(F)(F)F)C1CC1. The fraction of sp³-hybridized carbons (Fsp3) is 1.00. The number of halogens is 3. The van der Waals surface area contributed by atoms with E-state index in [4.69, 9.17) is 10.5 Å². The molecule has 0 heterocycles. The van der Waals surface area contributed by atoms with Crippen LogP contribution < -0.4 is 5.73 Å². The Morgan fingerprint density at radius 1 is 1.44 bits per heavy atom. The van der Waals surface area contributed by atoms with E-state index in [0.29, 0.717) is 19.6 Å². The lowest BCUT2D eigenvalue weighted by molar-refractivity contribution is -0.147. The number of rotatable bonds is 7. The highest BCUT2D eigenvalue weighted by atomic mass is 19.4. The fourth-order valence-corrected chi connectivity index (χ4v) is 1.67. The monoisotopic (exact) mass is 240 g/mol. The first-order valence-electron chi connectivity index (χ1n) is 5.47. The Labute approximate surface area is 93.7 Å². The fourth-order valence-electron chi connectivity index (χ4n) is 1.67. The molecule has 1 rings (SSSR count). The summed E-state index contributed by atoms with van der Waals surface area (Å²) in [5.41, 5.74) is 5.76. The smallest absolute Gasteiger partial charge is 0.385 e. The highest BCUT2D eigenvalue weighted by molar-refractivity contribution is 4.87. The van der Waals surface area contributed by atoms with E-state index in [1.165, 1.54) is 4.90 Å². The predicted molar refractivity (Wildman–Crippen MR) is 55.1 cm³/mol. The van der Waals surface area contributed by atoms with Crippen molar-refractivity contribution in [2.45, 2.75) is 37.5 Å². The molecule has 1 atom stereocenters. The van der Waals surface area contributed by atoms with E-state index in [0.717, 1.165) is 12.8 Å². The molecule has 1 unspecified atom stereocenters. The normalized spacial score (nSPS) is 19.1. The molecule has 3 nitrogen and oxygen atoms in total. The third-order valence-electron chi connectivity index (χ3n) is 2.61. The quantitative estimate of drug-likeness (QED) is 0.730. The van der Waals surface area contributed by atoms with Crippen molar-refractivity contribution in [3.05, 3.63) is 0 Å². The van der Waals surface area contributed by atoms with Crippen LogP contribution in [0, 0.1) is 0 Å². The molecule has 96 valence electrons. The van der Waals surface area contributed by atoms with Crippen molar-refractivity contribution in [3.63, 3.8) is 0 Å². The molecule has 0 aromatic rings. The molecule has 0 aromatic heterocycles. The van der Waals surface area contributed by atoms with E-state index in [1.807, 2.05) is 0 Å². The van der Waals surface area contributed by atoms with Gasteiger partial charge in [-0.2, -0.15) is 13.2 Å². The van der Waals surface area contributed by atoms with E-state index in [2.05, 4.69) is 0 Å². The minimum atomic E-state index is -4.14. The molecular formula is C10H19F3N2O.